The van der Waals surface area contributed by atoms with E-state index in [9.17, 15) is 0 Å². The van der Waals surface area contributed by atoms with Gasteiger partial charge in [-0.25, -0.2) is 9.98 Å². The van der Waals surface area contributed by atoms with Gasteiger partial charge < -0.3 is 25.2 Å². The molecule has 2 heterocycles. The summed E-state index contributed by atoms with van der Waals surface area (Å²) in [6.07, 6.45) is 3.04. The van der Waals surface area contributed by atoms with E-state index < -0.39 is 0 Å². The molecule has 7 nitrogen and oxygen atoms in total. The molecule has 0 saturated carbocycles. The predicted molar refractivity (Wildman–Crippen MR) is 132 cm³/mol. The molecule has 0 amide bonds. The van der Waals surface area contributed by atoms with Crippen LogP contribution in [-0.4, -0.2) is 75.4 Å². The maximum atomic E-state index is 5.65. The van der Waals surface area contributed by atoms with Crippen molar-refractivity contribution in [1.82, 2.24) is 20.5 Å². The fourth-order valence-corrected chi connectivity index (χ4v) is 2.91. The molecule has 166 valence electrons. The largest absolute Gasteiger partial charge is 0.380 e. The SMILES string of the molecule is CCNC(=NCc1ccc(N2CCN(C)CC2)nc1)NCCOCCC(C)C.I. The van der Waals surface area contributed by atoms with E-state index in [1.165, 1.54) is 0 Å². The van der Waals surface area contributed by atoms with Crippen LogP contribution in [0.15, 0.2) is 23.3 Å². The predicted octanol–water partition coefficient (Wildman–Crippen LogP) is 2.57. The Balaban J connectivity index is 0.00000420. The quantitative estimate of drug-likeness (QED) is 0.215. The number of rotatable bonds is 10. The standard InChI is InChI=1S/C21H38N6O.HI/c1-5-22-21(23-9-15-28-14-8-18(2)3)25-17-19-6-7-20(24-16-19)27-12-10-26(4)11-13-27;/h6-7,16,18H,5,8-15,17H2,1-4H3,(H2,22,23,25);1H. The zero-order chi connectivity index (χ0) is 20.2. The number of aliphatic imine (C=N–C) groups is 1. The van der Waals surface area contributed by atoms with Crippen molar-refractivity contribution in [2.75, 3.05) is 64.4 Å². The third-order valence-corrected chi connectivity index (χ3v) is 4.78. The van der Waals surface area contributed by atoms with Crippen LogP contribution in [0.1, 0.15) is 32.8 Å². The van der Waals surface area contributed by atoms with Crippen LogP contribution in [0.25, 0.3) is 0 Å². The number of anilines is 1. The summed E-state index contributed by atoms with van der Waals surface area (Å²) in [6.45, 7) is 14.5. The van der Waals surface area contributed by atoms with E-state index in [1.807, 2.05) is 6.20 Å². The zero-order valence-corrected chi connectivity index (χ0v) is 20.8. The van der Waals surface area contributed by atoms with Gasteiger partial charge in [0.1, 0.15) is 5.82 Å². The van der Waals surface area contributed by atoms with E-state index in [0.717, 1.165) is 69.6 Å². The number of halogens is 1. The third kappa shape index (κ3) is 10.5. The number of likely N-dealkylation sites (N-methyl/N-ethyl adjacent to an activating group) is 1. The summed E-state index contributed by atoms with van der Waals surface area (Å²) in [7, 11) is 2.17. The van der Waals surface area contributed by atoms with E-state index in [2.05, 4.69) is 70.4 Å². The number of ether oxygens (including phenoxy) is 1. The number of hydrogen-bond acceptors (Lipinski definition) is 5. The first-order chi connectivity index (χ1) is 13.6. The summed E-state index contributed by atoms with van der Waals surface area (Å²) in [5.41, 5.74) is 1.11. The van der Waals surface area contributed by atoms with Gasteiger partial charge in [0.2, 0.25) is 0 Å². The summed E-state index contributed by atoms with van der Waals surface area (Å²) < 4.78 is 5.65. The molecular weight excluding hydrogens is 479 g/mol. The Kier molecular flexibility index (Phi) is 13.2. The Hall–Kier alpha value is -1.13. The van der Waals surface area contributed by atoms with Gasteiger partial charge in [0.25, 0.3) is 0 Å². The Labute approximate surface area is 193 Å². The average Bonchev–Trinajstić information content (AvgIpc) is 2.69. The molecule has 0 unspecified atom stereocenters. The molecule has 1 aliphatic heterocycles. The van der Waals surface area contributed by atoms with Gasteiger partial charge in [-0.2, -0.15) is 0 Å². The van der Waals surface area contributed by atoms with Crippen LogP contribution in [0.2, 0.25) is 0 Å². The summed E-state index contributed by atoms with van der Waals surface area (Å²) in [4.78, 5) is 14.0. The van der Waals surface area contributed by atoms with Gasteiger partial charge in [-0.15, -0.1) is 24.0 Å². The van der Waals surface area contributed by atoms with Crippen molar-refractivity contribution >= 4 is 35.8 Å². The van der Waals surface area contributed by atoms with Crippen LogP contribution < -0.4 is 15.5 Å². The molecule has 1 aromatic rings. The summed E-state index contributed by atoms with van der Waals surface area (Å²) >= 11 is 0. The second-order valence-electron chi connectivity index (χ2n) is 7.73. The molecule has 2 rings (SSSR count). The van der Waals surface area contributed by atoms with Gasteiger partial charge in [0.05, 0.1) is 13.2 Å². The monoisotopic (exact) mass is 518 g/mol. The molecule has 1 fully saturated rings. The highest BCUT2D eigenvalue weighted by molar-refractivity contribution is 14.0. The second kappa shape index (κ2) is 14.8. The number of hydrogen-bond donors (Lipinski definition) is 2. The van der Waals surface area contributed by atoms with Gasteiger partial charge in [-0.1, -0.05) is 19.9 Å². The molecule has 2 N–H and O–H groups in total. The van der Waals surface area contributed by atoms with Crippen LogP contribution in [0.4, 0.5) is 5.82 Å². The van der Waals surface area contributed by atoms with E-state index in [1.54, 1.807) is 0 Å². The minimum Gasteiger partial charge on any atom is -0.380 e. The zero-order valence-electron chi connectivity index (χ0n) is 18.5. The van der Waals surface area contributed by atoms with Crippen LogP contribution >= 0.6 is 24.0 Å². The molecule has 0 bridgehead atoms. The van der Waals surface area contributed by atoms with Crippen molar-refractivity contribution < 1.29 is 4.74 Å². The van der Waals surface area contributed by atoms with Crippen molar-refractivity contribution in [3.8, 4) is 0 Å². The van der Waals surface area contributed by atoms with E-state index >= 15 is 0 Å². The number of guanidine groups is 1. The molecule has 1 aromatic heterocycles. The normalized spacial score (nSPS) is 15.3. The first kappa shape index (κ1) is 25.9. The Morgan fingerprint density at radius 2 is 1.93 bits per heavy atom. The molecule has 0 radical (unpaired) electrons. The molecule has 8 heteroatoms. The number of pyridine rings is 1. The van der Waals surface area contributed by atoms with Gasteiger partial charge in [0, 0.05) is 52.1 Å². The fourth-order valence-electron chi connectivity index (χ4n) is 2.91. The molecule has 1 aliphatic rings. The Morgan fingerprint density at radius 1 is 1.17 bits per heavy atom. The molecule has 29 heavy (non-hydrogen) atoms. The van der Waals surface area contributed by atoms with E-state index in [4.69, 9.17) is 4.74 Å². The minimum atomic E-state index is 0. The average molecular weight is 518 g/mol. The van der Waals surface area contributed by atoms with Crippen molar-refractivity contribution in [3.63, 3.8) is 0 Å². The Morgan fingerprint density at radius 3 is 2.55 bits per heavy atom. The van der Waals surface area contributed by atoms with Crippen molar-refractivity contribution in [1.29, 1.82) is 0 Å². The third-order valence-electron chi connectivity index (χ3n) is 4.78. The lowest BCUT2D eigenvalue weighted by Gasteiger charge is -2.33. The van der Waals surface area contributed by atoms with Crippen LogP contribution in [0.3, 0.4) is 0 Å². The van der Waals surface area contributed by atoms with Crippen molar-refractivity contribution in [3.05, 3.63) is 23.9 Å². The van der Waals surface area contributed by atoms with Gasteiger partial charge in [0.15, 0.2) is 5.96 Å². The fraction of sp³-hybridized carbons (Fsp3) is 0.714. The van der Waals surface area contributed by atoms with Gasteiger partial charge in [-0.3, -0.25) is 0 Å². The first-order valence-electron chi connectivity index (χ1n) is 10.6. The van der Waals surface area contributed by atoms with Crippen LogP contribution in [-0.2, 0) is 11.3 Å². The van der Waals surface area contributed by atoms with Gasteiger partial charge in [-0.05, 0) is 37.9 Å². The highest BCUT2D eigenvalue weighted by atomic mass is 127. The lowest BCUT2D eigenvalue weighted by molar-refractivity contribution is 0.128. The number of nitrogens with one attached hydrogen (secondary N) is 2. The minimum absolute atomic E-state index is 0. The number of aromatic nitrogens is 1. The molecule has 1 saturated heterocycles. The summed E-state index contributed by atoms with van der Waals surface area (Å²) in [5.74, 6) is 2.56. The highest BCUT2D eigenvalue weighted by Gasteiger charge is 2.14. The molecule has 0 spiro atoms. The molecule has 0 aliphatic carbocycles. The van der Waals surface area contributed by atoms with E-state index in [0.29, 0.717) is 19.1 Å². The number of nitrogens with zero attached hydrogens (tertiary/aromatic N) is 4. The Bertz CT molecular complexity index is 573. The highest BCUT2D eigenvalue weighted by Crippen LogP contribution is 2.14. The topological polar surface area (TPSA) is 65.0 Å². The first-order valence-corrected chi connectivity index (χ1v) is 10.6. The lowest BCUT2D eigenvalue weighted by Crippen LogP contribution is -2.44. The van der Waals surface area contributed by atoms with Crippen LogP contribution in [0.5, 0.6) is 0 Å². The lowest BCUT2D eigenvalue weighted by atomic mass is 10.1. The maximum Gasteiger partial charge on any atom is 0.191 e. The van der Waals surface area contributed by atoms with Crippen molar-refractivity contribution in [2.45, 2.75) is 33.7 Å². The second-order valence-corrected chi connectivity index (χ2v) is 7.73. The van der Waals surface area contributed by atoms with E-state index in [-0.39, 0.29) is 24.0 Å². The summed E-state index contributed by atoms with van der Waals surface area (Å²) in [6, 6.07) is 4.24. The molecule has 0 aromatic carbocycles. The smallest absolute Gasteiger partial charge is 0.191 e. The summed E-state index contributed by atoms with van der Waals surface area (Å²) in [5, 5.41) is 6.61. The number of piperazine rings is 1. The van der Waals surface area contributed by atoms with Crippen molar-refractivity contribution in [2.24, 2.45) is 10.9 Å². The maximum absolute atomic E-state index is 5.65. The molecule has 0 atom stereocenters. The molecular formula is C21H39IN6O. The van der Waals surface area contributed by atoms with Gasteiger partial charge >= 0.3 is 0 Å². The van der Waals surface area contributed by atoms with Crippen LogP contribution in [0, 0.1) is 5.92 Å².